The molecule has 1 amide bonds. The average molecular weight is 300 g/mol. The summed E-state index contributed by atoms with van der Waals surface area (Å²) < 4.78 is 5.22. The molecule has 0 aliphatic heterocycles. The Morgan fingerprint density at radius 3 is 2.65 bits per heavy atom. The van der Waals surface area contributed by atoms with Gasteiger partial charge in [0.1, 0.15) is 0 Å². The van der Waals surface area contributed by atoms with E-state index in [1.807, 2.05) is 6.92 Å². The van der Waals surface area contributed by atoms with E-state index in [-0.39, 0.29) is 29.2 Å². The van der Waals surface area contributed by atoms with Crippen molar-refractivity contribution in [2.75, 3.05) is 11.9 Å². The van der Waals surface area contributed by atoms with E-state index >= 15 is 0 Å². The van der Waals surface area contributed by atoms with Crippen molar-refractivity contribution in [1.29, 1.82) is 0 Å². The molecule has 3 N–H and O–H groups in total. The molecule has 1 aliphatic rings. The van der Waals surface area contributed by atoms with E-state index in [0.29, 0.717) is 12.6 Å². The summed E-state index contributed by atoms with van der Waals surface area (Å²) in [4.78, 5) is 23.2. The molecule has 1 heterocycles. The van der Waals surface area contributed by atoms with E-state index in [1.54, 1.807) is 0 Å². The van der Waals surface area contributed by atoms with E-state index < -0.39 is 0 Å². The summed E-state index contributed by atoms with van der Waals surface area (Å²) in [5.74, 6) is 0.162. The maximum absolute atomic E-state index is 11.1. The molecule has 0 spiro atoms. The Bertz CT molecular complexity index is 477. The Morgan fingerprint density at radius 1 is 1.35 bits per heavy atom. The number of ether oxygens (including phenoxy) is 1. The van der Waals surface area contributed by atoms with Gasteiger partial charge >= 0.3 is 6.01 Å². The summed E-state index contributed by atoms with van der Waals surface area (Å²) in [5, 5.41) is 3.30. The van der Waals surface area contributed by atoms with Gasteiger partial charge in [0.2, 0.25) is 17.1 Å². The van der Waals surface area contributed by atoms with Crippen LogP contribution in [-0.4, -0.2) is 33.5 Å². The maximum Gasteiger partial charge on any atom is 0.322 e. The summed E-state index contributed by atoms with van der Waals surface area (Å²) in [6, 6.07) is 0.416. The second-order valence-electron chi connectivity index (χ2n) is 4.74. The molecule has 1 aromatic heterocycles. The van der Waals surface area contributed by atoms with Gasteiger partial charge in [0.05, 0.1) is 6.61 Å². The van der Waals surface area contributed by atoms with E-state index in [2.05, 4.69) is 20.3 Å². The zero-order chi connectivity index (χ0) is 14.5. The minimum absolute atomic E-state index is 0.0195. The second-order valence-corrected chi connectivity index (χ2v) is 5.08. The summed E-state index contributed by atoms with van der Waals surface area (Å²) in [6.45, 7) is 2.30. The van der Waals surface area contributed by atoms with Gasteiger partial charge in [-0.2, -0.15) is 15.0 Å². The van der Waals surface area contributed by atoms with Gasteiger partial charge in [-0.3, -0.25) is 4.79 Å². The normalized spacial score (nSPS) is 22.3. The molecular formula is C12H18ClN5O2. The van der Waals surface area contributed by atoms with E-state index in [9.17, 15) is 4.79 Å². The van der Waals surface area contributed by atoms with Crippen LogP contribution in [0.2, 0.25) is 5.28 Å². The summed E-state index contributed by atoms with van der Waals surface area (Å²) >= 11 is 5.82. The molecule has 1 aromatic rings. The van der Waals surface area contributed by atoms with Crippen LogP contribution in [0.4, 0.5) is 5.95 Å². The van der Waals surface area contributed by atoms with Crippen LogP contribution in [0.5, 0.6) is 6.01 Å². The first-order valence-corrected chi connectivity index (χ1v) is 7.06. The molecule has 0 unspecified atom stereocenters. The van der Waals surface area contributed by atoms with Crippen molar-refractivity contribution in [3.63, 3.8) is 0 Å². The van der Waals surface area contributed by atoms with Crippen LogP contribution < -0.4 is 15.8 Å². The highest BCUT2D eigenvalue weighted by Crippen LogP contribution is 2.26. The van der Waals surface area contributed by atoms with Crippen LogP contribution in [0, 0.1) is 5.92 Å². The third-order valence-electron chi connectivity index (χ3n) is 3.32. The van der Waals surface area contributed by atoms with Gasteiger partial charge in [-0.25, -0.2) is 0 Å². The number of aromatic nitrogens is 3. The number of nitrogens with two attached hydrogens (primary N) is 1. The summed E-state index contributed by atoms with van der Waals surface area (Å²) in [7, 11) is 0. The van der Waals surface area contributed by atoms with Crippen molar-refractivity contribution in [3.05, 3.63) is 5.28 Å². The molecule has 1 fully saturated rings. The van der Waals surface area contributed by atoms with Gasteiger partial charge in [0.15, 0.2) is 0 Å². The number of anilines is 1. The quantitative estimate of drug-likeness (QED) is 0.851. The van der Waals surface area contributed by atoms with Gasteiger partial charge in [-0.05, 0) is 44.2 Å². The molecule has 0 radical (unpaired) electrons. The molecule has 2 rings (SSSR count). The third-order valence-corrected chi connectivity index (χ3v) is 3.49. The number of halogens is 1. The molecule has 1 aliphatic carbocycles. The lowest BCUT2D eigenvalue weighted by atomic mass is 9.86. The van der Waals surface area contributed by atoms with Crippen LogP contribution in [0.1, 0.15) is 32.6 Å². The Kier molecular flexibility index (Phi) is 4.94. The number of rotatable bonds is 5. The standard InChI is InChI=1S/C12H18ClN5O2/c1-2-20-12-17-10(13)16-11(18-12)15-8-5-3-7(4-6-8)9(14)19/h7-8H,2-6H2,1H3,(H2,14,19)(H,15,16,17,18). The van der Waals surface area contributed by atoms with E-state index in [0.717, 1.165) is 25.7 Å². The van der Waals surface area contributed by atoms with Crippen LogP contribution in [0.15, 0.2) is 0 Å². The predicted molar refractivity (Wildman–Crippen MR) is 74.6 cm³/mol. The maximum atomic E-state index is 11.1. The molecule has 1 saturated carbocycles. The van der Waals surface area contributed by atoms with Gasteiger partial charge in [-0.1, -0.05) is 0 Å². The third kappa shape index (κ3) is 3.93. The molecule has 20 heavy (non-hydrogen) atoms. The van der Waals surface area contributed by atoms with Crippen molar-refractivity contribution in [2.24, 2.45) is 11.7 Å². The van der Waals surface area contributed by atoms with Gasteiger partial charge < -0.3 is 15.8 Å². The van der Waals surface area contributed by atoms with Crippen LogP contribution >= 0.6 is 11.6 Å². The molecule has 0 atom stereocenters. The van der Waals surface area contributed by atoms with Gasteiger partial charge in [0, 0.05) is 12.0 Å². The summed E-state index contributed by atoms with van der Waals surface area (Å²) in [5.41, 5.74) is 5.31. The number of carbonyl (C=O) groups excluding carboxylic acids is 1. The lowest BCUT2D eigenvalue weighted by Crippen LogP contribution is -2.32. The molecule has 0 aromatic carbocycles. The molecule has 7 nitrogen and oxygen atoms in total. The SMILES string of the molecule is CCOc1nc(Cl)nc(NC2CCC(C(N)=O)CC2)n1. The largest absolute Gasteiger partial charge is 0.464 e. The Morgan fingerprint density at radius 2 is 2.05 bits per heavy atom. The molecule has 0 bridgehead atoms. The minimum Gasteiger partial charge on any atom is -0.464 e. The van der Waals surface area contributed by atoms with Gasteiger partial charge in [-0.15, -0.1) is 0 Å². The summed E-state index contributed by atoms with van der Waals surface area (Å²) in [6.07, 6.45) is 3.26. The highest BCUT2D eigenvalue weighted by atomic mass is 35.5. The Hall–Kier alpha value is -1.63. The zero-order valence-electron chi connectivity index (χ0n) is 11.3. The molecule has 0 saturated heterocycles. The number of hydrogen-bond donors (Lipinski definition) is 2. The number of nitrogens with zero attached hydrogens (tertiary/aromatic N) is 3. The Labute approximate surface area is 122 Å². The molecule has 110 valence electrons. The Balaban J connectivity index is 1.95. The van der Waals surface area contributed by atoms with Crippen molar-refractivity contribution in [3.8, 4) is 6.01 Å². The number of carbonyl (C=O) groups is 1. The van der Waals surface area contributed by atoms with Crippen LogP contribution in [0.3, 0.4) is 0 Å². The first-order valence-electron chi connectivity index (χ1n) is 6.68. The lowest BCUT2D eigenvalue weighted by Gasteiger charge is -2.27. The minimum atomic E-state index is -0.217. The van der Waals surface area contributed by atoms with Crippen molar-refractivity contribution < 1.29 is 9.53 Å². The number of amides is 1. The van der Waals surface area contributed by atoms with Crippen molar-refractivity contribution in [1.82, 2.24) is 15.0 Å². The van der Waals surface area contributed by atoms with Gasteiger partial charge in [0.25, 0.3) is 0 Å². The fraction of sp³-hybridized carbons (Fsp3) is 0.667. The predicted octanol–water partition coefficient (Wildman–Crippen LogP) is 1.38. The van der Waals surface area contributed by atoms with E-state index in [1.165, 1.54) is 0 Å². The number of hydrogen-bond acceptors (Lipinski definition) is 6. The molecule has 8 heteroatoms. The lowest BCUT2D eigenvalue weighted by molar-refractivity contribution is -0.122. The first kappa shape index (κ1) is 14.8. The smallest absolute Gasteiger partial charge is 0.322 e. The zero-order valence-corrected chi connectivity index (χ0v) is 12.1. The van der Waals surface area contributed by atoms with Crippen LogP contribution in [0.25, 0.3) is 0 Å². The average Bonchev–Trinajstić information content (AvgIpc) is 2.39. The first-order chi connectivity index (χ1) is 9.58. The topological polar surface area (TPSA) is 103 Å². The highest BCUT2D eigenvalue weighted by Gasteiger charge is 2.25. The number of nitrogens with one attached hydrogen (secondary N) is 1. The fourth-order valence-corrected chi connectivity index (χ4v) is 2.45. The van der Waals surface area contributed by atoms with Crippen LogP contribution in [-0.2, 0) is 4.79 Å². The molecular weight excluding hydrogens is 282 g/mol. The monoisotopic (exact) mass is 299 g/mol. The highest BCUT2D eigenvalue weighted by molar-refractivity contribution is 6.28. The number of primary amides is 1. The van der Waals surface area contributed by atoms with Crippen molar-refractivity contribution in [2.45, 2.75) is 38.6 Å². The fourth-order valence-electron chi connectivity index (χ4n) is 2.29. The van der Waals surface area contributed by atoms with E-state index in [4.69, 9.17) is 22.1 Å². The second kappa shape index (κ2) is 6.69. The van der Waals surface area contributed by atoms with Crippen molar-refractivity contribution >= 4 is 23.5 Å².